The molecule has 1 fully saturated rings. The van der Waals surface area contributed by atoms with Crippen LogP contribution in [-0.2, 0) is 0 Å². The highest BCUT2D eigenvalue weighted by Crippen LogP contribution is 2.32. The van der Waals surface area contributed by atoms with Crippen molar-refractivity contribution in [1.29, 1.82) is 0 Å². The average Bonchev–Trinajstić information content (AvgIpc) is 3.38. The van der Waals surface area contributed by atoms with E-state index in [-0.39, 0.29) is 12.0 Å². The van der Waals surface area contributed by atoms with E-state index in [1.807, 2.05) is 30.7 Å². The first-order valence-electron chi connectivity index (χ1n) is 10.6. The number of fused-ring (bicyclic) bond motifs is 2. The second-order valence-corrected chi connectivity index (χ2v) is 8.06. The SMILES string of the molecule is CC(C)Oc1cc2nn(C3CCNCC3)cc2cc1NC(=O)c1cnn2cccnc12. The number of amides is 1. The summed E-state index contributed by atoms with van der Waals surface area (Å²) in [6, 6.07) is 5.97. The molecule has 0 saturated carbocycles. The Morgan fingerprint density at radius 2 is 2.13 bits per heavy atom. The average molecular weight is 419 g/mol. The third-order valence-corrected chi connectivity index (χ3v) is 5.44. The van der Waals surface area contributed by atoms with E-state index in [4.69, 9.17) is 9.84 Å². The molecule has 31 heavy (non-hydrogen) atoms. The lowest BCUT2D eigenvalue weighted by atomic mass is 10.1. The molecule has 1 aliphatic rings. The molecule has 0 radical (unpaired) electrons. The highest BCUT2D eigenvalue weighted by atomic mass is 16.5. The van der Waals surface area contributed by atoms with Crippen LogP contribution < -0.4 is 15.4 Å². The smallest absolute Gasteiger partial charge is 0.261 e. The van der Waals surface area contributed by atoms with Crippen molar-refractivity contribution in [3.8, 4) is 5.75 Å². The van der Waals surface area contributed by atoms with Crippen molar-refractivity contribution < 1.29 is 9.53 Å². The van der Waals surface area contributed by atoms with Gasteiger partial charge in [-0.2, -0.15) is 10.2 Å². The van der Waals surface area contributed by atoms with Crippen molar-refractivity contribution in [2.75, 3.05) is 18.4 Å². The van der Waals surface area contributed by atoms with Crippen molar-refractivity contribution in [3.63, 3.8) is 0 Å². The highest BCUT2D eigenvalue weighted by Gasteiger charge is 2.20. The minimum absolute atomic E-state index is 0.0433. The number of piperidine rings is 1. The van der Waals surface area contributed by atoms with E-state index in [9.17, 15) is 4.79 Å². The van der Waals surface area contributed by atoms with Crippen LogP contribution in [-0.4, -0.2) is 49.5 Å². The Kier molecular flexibility index (Phi) is 5.03. The Morgan fingerprint density at radius 3 is 2.94 bits per heavy atom. The number of carbonyl (C=O) groups excluding carboxylic acids is 1. The van der Waals surface area contributed by atoms with Crippen LogP contribution in [0.4, 0.5) is 5.69 Å². The van der Waals surface area contributed by atoms with Gasteiger partial charge in [-0.25, -0.2) is 9.50 Å². The number of nitrogens with one attached hydrogen (secondary N) is 2. The summed E-state index contributed by atoms with van der Waals surface area (Å²) in [5, 5.41) is 16.3. The molecule has 4 aromatic rings. The lowest BCUT2D eigenvalue weighted by Crippen LogP contribution is -2.29. The van der Waals surface area contributed by atoms with Gasteiger partial charge in [-0.05, 0) is 51.9 Å². The first-order valence-corrected chi connectivity index (χ1v) is 10.6. The lowest BCUT2D eigenvalue weighted by Gasteiger charge is -2.22. The number of aromatic nitrogens is 5. The Labute approximate surface area is 179 Å². The van der Waals surface area contributed by atoms with Gasteiger partial charge in [-0.15, -0.1) is 0 Å². The molecular formula is C22H25N7O2. The normalized spacial score (nSPS) is 15.1. The largest absolute Gasteiger partial charge is 0.489 e. The van der Waals surface area contributed by atoms with E-state index in [2.05, 4.69) is 26.9 Å². The Balaban J connectivity index is 1.50. The molecule has 1 aliphatic heterocycles. The van der Waals surface area contributed by atoms with Gasteiger partial charge in [0.25, 0.3) is 5.91 Å². The minimum atomic E-state index is -0.285. The quantitative estimate of drug-likeness (QED) is 0.516. The van der Waals surface area contributed by atoms with Crippen molar-refractivity contribution >= 4 is 28.1 Å². The standard InChI is InChI=1S/C22H25N7O2/c1-14(2)31-20-11-18-15(13-29(27-18)16-4-7-23-8-5-16)10-19(20)26-22(30)17-12-25-28-9-3-6-24-21(17)28/h3,6,9-14,16,23H,4-5,7-8H2,1-2H3,(H,26,30). The molecule has 1 saturated heterocycles. The molecule has 1 aromatic carbocycles. The summed E-state index contributed by atoms with van der Waals surface area (Å²) in [6.45, 7) is 5.91. The first kappa shape index (κ1) is 19.5. The Hall–Kier alpha value is -3.46. The van der Waals surface area contributed by atoms with Crippen molar-refractivity contribution in [2.45, 2.75) is 38.8 Å². The predicted molar refractivity (Wildman–Crippen MR) is 118 cm³/mol. The molecule has 0 aliphatic carbocycles. The molecule has 1 amide bonds. The molecule has 0 bridgehead atoms. The zero-order valence-corrected chi connectivity index (χ0v) is 17.6. The van der Waals surface area contributed by atoms with Gasteiger partial charge < -0.3 is 15.4 Å². The molecule has 5 rings (SSSR count). The summed E-state index contributed by atoms with van der Waals surface area (Å²) < 4.78 is 9.63. The van der Waals surface area contributed by atoms with Crippen molar-refractivity contribution in [1.82, 2.24) is 29.7 Å². The van der Waals surface area contributed by atoms with E-state index >= 15 is 0 Å². The second kappa shape index (κ2) is 7.99. The van der Waals surface area contributed by atoms with Crippen LogP contribution in [0.15, 0.2) is 43.0 Å². The summed E-state index contributed by atoms with van der Waals surface area (Å²) in [5.74, 6) is 0.309. The maximum atomic E-state index is 13.0. The van der Waals surface area contributed by atoms with Gasteiger partial charge in [0, 0.05) is 30.0 Å². The molecule has 2 N–H and O–H groups in total. The molecule has 4 heterocycles. The second-order valence-electron chi connectivity index (χ2n) is 8.06. The van der Waals surface area contributed by atoms with E-state index < -0.39 is 0 Å². The maximum Gasteiger partial charge on any atom is 0.261 e. The number of rotatable bonds is 5. The van der Waals surface area contributed by atoms with Crippen LogP contribution in [0.1, 0.15) is 43.1 Å². The molecule has 9 heteroatoms. The highest BCUT2D eigenvalue weighted by molar-refractivity contribution is 6.09. The van der Waals surface area contributed by atoms with Crippen LogP contribution >= 0.6 is 0 Å². The van der Waals surface area contributed by atoms with E-state index in [1.54, 1.807) is 23.0 Å². The molecule has 0 unspecified atom stereocenters. The number of ether oxygens (including phenoxy) is 1. The number of hydrogen-bond acceptors (Lipinski definition) is 6. The summed E-state index contributed by atoms with van der Waals surface area (Å²) in [7, 11) is 0. The lowest BCUT2D eigenvalue weighted by molar-refractivity contribution is 0.102. The summed E-state index contributed by atoms with van der Waals surface area (Å²) in [6.07, 6.45) is 9.03. The fourth-order valence-corrected chi connectivity index (χ4v) is 3.96. The summed E-state index contributed by atoms with van der Waals surface area (Å²) >= 11 is 0. The fourth-order valence-electron chi connectivity index (χ4n) is 3.96. The van der Waals surface area contributed by atoms with Crippen LogP contribution in [0, 0.1) is 0 Å². The predicted octanol–water partition coefficient (Wildman–Crippen LogP) is 3.04. The van der Waals surface area contributed by atoms with Gasteiger partial charge in [0.05, 0.1) is 29.5 Å². The van der Waals surface area contributed by atoms with Gasteiger partial charge in [0.15, 0.2) is 5.65 Å². The van der Waals surface area contributed by atoms with Crippen molar-refractivity contribution in [2.24, 2.45) is 0 Å². The van der Waals surface area contributed by atoms with Gasteiger partial charge in [-0.1, -0.05) is 0 Å². The molecule has 0 spiro atoms. The van der Waals surface area contributed by atoms with Crippen LogP contribution in [0.5, 0.6) is 5.75 Å². The number of benzene rings is 1. The summed E-state index contributed by atoms with van der Waals surface area (Å²) in [5.41, 5.74) is 2.36. The molecule has 0 atom stereocenters. The first-order chi connectivity index (χ1) is 15.1. The minimum Gasteiger partial charge on any atom is -0.489 e. The fraction of sp³-hybridized carbons (Fsp3) is 0.364. The summed E-state index contributed by atoms with van der Waals surface area (Å²) in [4.78, 5) is 17.3. The molecular weight excluding hydrogens is 394 g/mol. The topological polar surface area (TPSA) is 98.4 Å². The van der Waals surface area contributed by atoms with Crippen molar-refractivity contribution in [3.05, 3.63) is 48.5 Å². The van der Waals surface area contributed by atoms with Crippen LogP contribution in [0.3, 0.4) is 0 Å². The molecule has 160 valence electrons. The zero-order chi connectivity index (χ0) is 21.4. The van der Waals surface area contributed by atoms with Gasteiger partial charge in [0.2, 0.25) is 0 Å². The molecule has 9 nitrogen and oxygen atoms in total. The third kappa shape index (κ3) is 3.84. The number of carbonyl (C=O) groups is 1. The van der Waals surface area contributed by atoms with Gasteiger partial charge in [-0.3, -0.25) is 9.48 Å². The van der Waals surface area contributed by atoms with E-state index in [0.717, 1.165) is 36.8 Å². The Bertz CT molecular complexity index is 1240. The third-order valence-electron chi connectivity index (χ3n) is 5.44. The monoisotopic (exact) mass is 419 g/mol. The molecule has 3 aromatic heterocycles. The maximum absolute atomic E-state index is 13.0. The van der Waals surface area contributed by atoms with Gasteiger partial charge >= 0.3 is 0 Å². The van der Waals surface area contributed by atoms with Crippen LogP contribution in [0.25, 0.3) is 16.6 Å². The van der Waals surface area contributed by atoms with Crippen LogP contribution in [0.2, 0.25) is 0 Å². The zero-order valence-electron chi connectivity index (χ0n) is 17.6. The Morgan fingerprint density at radius 1 is 1.29 bits per heavy atom. The number of hydrogen-bond donors (Lipinski definition) is 2. The number of anilines is 1. The van der Waals surface area contributed by atoms with E-state index in [1.165, 1.54) is 6.20 Å². The van der Waals surface area contributed by atoms with Gasteiger partial charge in [0.1, 0.15) is 11.3 Å². The van der Waals surface area contributed by atoms with E-state index in [0.29, 0.717) is 28.7 Å². The number of nitrogens with zero attached hydrogens (tertiary/aromatic N) is 5.